The molecule has 1 atom stereocenters. The van der Waals surface area contributed by atoms with Crippen LogP contribution in [0.4, 0.5) is 0 Å². The van der Waals surface area contributed by atoms with Gasteiger partial charge in [0.2, 0.25) is 0 Å². The minimum absolute atomic E-state index is 0. The first-order chi connectivity index (χ1) is 4.16. The predicted molar refractivity (Wildman–Crippen MR) is 43.3 cm³/mol. The van der Waals surface area contributed by atoms with Crippen molar-refractivity contribution in [2.75, 3.05) is 6.61 Å². The van der Waals surface area contributed by atoms with Crippen molar-refractivity contribution in [1.29, 1.82) is 0 Å². The van der Waals surface area contributed by atoms with Crippen molar-refractivity contribution in [3.63, 3.8) is 0 Å². The van der Waals surface area contributed by atoms with Crippen LogP contribution in [0, 0.1) is 0 Å². The maximum atomic E-state index is 10.7. The molecule has 0 bridgehead atoms. The number of hydrogen-bond donors (Lipinski definition) is 1. The molecule has 0 heterocycles. The maximum Gasteiger partial charge on any atom is 0.613 e. The first-order valence-electron chi connectivity index (χ1n) is 3.03. The normalized spacial score (nSPS) is 11.0. The van der Waals surface area contributed by atoms with Crippen LogP contribution in [0.1, 0.15) is 20.8 Å². The zero-order valence-corrected chi connectivity index (χ0v) is 11.1. The molecule has 0 saturated heterocycles. The second kappa shape index (κ2) is 8.75. The number of nitrogens with one attached hydrogen (secondary N) is 1. The largest absolute Gasteiger partial charge is 0.613 e. The Kier molecular flexibility index (Phi) is 12.4. The van der Waals surface area contributed by atoms with Crippen LogP contribution >= 0.6 is 8.18 Å². The van der Waals surface area contributed by atoms with Gasteiger partial charge in [0.25, 0.3) is 0 Å². The topological polar surface area (TPSA) is 38.3 Å². The third-order valence-corrected chi connectivity index (χ3v) is 1.83. The third-order valence-electron chi connectivity index (χ3n) is 0.610. The van der Waals surface area contributed by atoms with Crippen LogP contribution in [0.5, 0.6) is 0 Å². The first kappa shape index (κ1) is 14.2. The van der Waals surface area contributed by atoms with Crippen molar-refractivity contribution >= 4 is 59.6 Å². The minimum Gasteiger partial charge on any atom is -0.130 e. The summed E-state index contributed by atoms with van der Waals surface area (Å²) in [6.07, 6.45) is 0. The molecule has 0 rings (SSSR count). The molecule has 0 amide bonds. The van der Waals surface area contributed by atoms with E-state index in [1.807, 2.05) is 20.8 Å². The predicted octanol–water partition coefficient (Wildman–Crippen LogP) is 1.30. The van der Waals surface area contributed by atoms with Crippen molar-refractivity contribution in [1.82, 2.24) is 5.09 Å². The van der Waals surface area contributed by atoms with Crippen LogP contribution in [0.3, 0.4) is 0 Å². The van der Waals surface area contributed by atoms with E-state index in [4.69, 9.17) is 4.52 Å². The quantitative estimate of drug-likeness (QED) is 0.535. The smallest absolute Gasteiger partial charge is 0.130 e. The summed E-state index contributed by atoms with van der Waals surface area (Å²) in [7, 11) is -1.62. The zero-order chi connectivity index (χ0) is 7.28. The molecule has 0 fully saturated rings. The van der Waals surface area contributed by atoms with Gasteiger partial charge in [-0.15, -0.1) is 4.52 Å². The van der Waals surface area contributed by atoms with Crippen molar-refractivity contribution in [2.24, 2.45) is 0 Å². The van der Waals surface area contributed by atoms with Gasteiger partial charge in [-0.25, -0.2) is 0 Å². The van der Waals surface area contributed by atoms with Crippen molar-refractivity contribution in [3.8, 4) is 0 Å². The molecule has 0 aromatic heterocycles. The fourth-order valence-corrected chi connectivity index (χ4v) is 1.10. The second-order valence-electron chi connectivity index (χ2n) is 1.96. The number of rotatable bonds is 4. The fraction of sp³-hybridized carbons (Fsp3) is 1.00. The summed E-state index contributed by atoms with van der Waals surface area (Å²) in [4.78, 5) is 0. The maximum absolute atomic E-state index is 10.7. The van der Waals surface area contributed by atoms with Gasteiger partial charge in [0.05, 0.1) is 0 Å². The molecule has 1 unspecified atom stereocenters. The molecule has 0 aliphatic rings. The zero-order valence-electron chi connectivity index (χ0n) is 7.05. The molecule has 0 aliphatic heterocycles. The summed E-state index contributed by atoms with van der Waals surface area (Å²) in [5.41, 5.74) is 0. The van der Waals surface area contributed by atoms with Gasteiger partial charge in [-0.2, -0.15) is 0 Å². The standard InChI is InChI=1S/C5H13NO2P.K/c1-4-8-9(7)6-5(2)3;/h5H,4H2,1-3H3,(H,6,7);/q+1;. The van der Waals surface area contributed by atoms with Crippen molar-refractivity contribution in [3.05, 3.63) is 0 Å². The fourth-order valence-electron chi connectivity index (χ4n) is 0.365. The molecule has 0 aromatic rings. The Hall–Kier alpha value is 1.66. The summed E-state index contributed by atoms with van der Waals surface area (Å²) in [5, 5.41) is 2.73. The molecule has 5 heteroatoms. The van der Waals surface area contributed by atoms with Gasteiger partial charge < -0.3 is 0 Å². The van der Waals surface area contributed by atoms with Crippen LogP contribution < -0.4 is 5.09 Å². The molecule has 55 valence electrons. The Morgan fingerprint density at radius 1 is 1.60 bits per heavy atom. The van der Waals surface area contributed by atoms with E-state index in [2.05, 4.69) is 5.09 Å². The summed E-state index contributed by atoms with van der Waals surface area (Å²) >= 11 is 0. The summed E-state index contributed by atoms with van der Waals surface area (Å²) in [5.74, 6) is 0. The number of hydrogen-bond acceptors (Lipinski definition) is 2. The van der Waals surface area contributed by atoms with Gasteiger partial charge in [0.1, 0.15) is 6.61 Å². The monoisotopic (exact) mass is 189 g/mol. The van der Waals surface area contributed by atoms with Crippen LogP contribution in [0.15, 0.2) is 0 Å². The SMILES string of the molecule is CCO[P+](=O)NC(C)C.[K]. The van der Waals surface area contributed by atoms with Gasteiger partial charge in [-0.05, 0) is 25.3 Å². The van der Waals surface area contributed by atoms with Crippen LogP contribution in [0.2, 0.25) is 0 Å². The van der Waals surface area contributed by atoms with E-state index in [-0.39, 0.29) is 57.4 Å². The summed E-state index contributed by atoms with van der Waals surface area (Å²) < 4.78 is 15.4. The average molecular weight is 189 g/mol. The Labute approximate surface area is 106 Å². The van der Waals surface area contributed by atoms with Crippen molar-refractivity contribution < 1.29 is 9.09 Å². The summed E-state index contributed by atoms with van der Waals surface area (Å²) in [6, 6.07) is 0.222. The van der Waals surface area contributed by atoms with E-state index in [9.17, 15) is 4.57 Å². The van der Waals surface area contributed by atoms with E-state index >= 15 is 0 Å². The molecule has 10 heavy (non-hydrogen) atoms. The average Bonchev–Trinajstić information content (AvgIpc) is 1.63. The van der Waals surface area contributed by atoms with E-state index in [0.717, 1.165) is 0 Å². The van der Waals surface area contributed by atoms with Gasteiger partial charge >= 0.3 is 8.18 Å². The van der Waals surface area contributed by atoms with E-state index in [1.165, 1.54) is 0 Å². The van der Waals surface area contributed by atoms with Gasteiger partial charge in [0, 0.05) is 57.4 Å². The molecule has 3 nitrogen and oxygen atoms in total. The Morgan fingerprint density at radius 2 is 2.10 bits per heavy atom. The molecule has 0 aliphatic carbocycles. The summed E-state index contributed by atoms with van der Waals surface area (Å²) in [6.45, 7) is 6.16. The first-order valence-corrected chi connectivity index (χ1v) is 4.21. The molecular weight excluding hydrogens is 176 g/mol. The minimum atomic E-state index is -1.62. The van der Waals surface area contributed by atoms with Gasteiger partial charge in [0.15, 0.2) is 0 Å². The third kappa shape index (κ3) is 9.66. The molecule has 1 N–H and O–H groups in total. The van der Waals surface area contributed by atoms with E-state index in [0.29, 0.717) is 6.61 Å². The Bertz CT molecular complexity index is 99.6. The van der Waals surface area contributed by atoms with Gasteiger partial charge in [-0.3, -0.25) is 0 Å². The molecule has 0 aromatic carbocycles. The Morgan fingerprint density at radius 3 is 2.40 bits per heavy atom. The molecule has 0 spiro atoms. The van der Waals surface area contributed by atoms with Crippen LogP contribution in [-0.2, 0) is 9.09 Å². The van der Waals surface area contributed by atoms with Crippen LogP contribution in [-0.4, -0.2) is 64.0 Å². The second-order valence-corrected chi connectivity index (χ2v) is 2.99. The van der Waals surface area contributed by atoms with Crippen LogP contribution in [0.25, 0.3) is 0 Å². The van der Waals surface area contributed by atoms with Crippen molar-refractivity contribution in [2.45, 2.75) is 26.8 Å². The van der Waals surface area contributed by atoms with Gasteiger partial charge in [-0.1, -0.05) is 5.09 Å². The molecule has 1 radical (unpaired) electrons. The van der Waals surface area contributed by atoms with E-state index in [1.54, 1.807) is 0 Å². The Balaban J connectivity index is 0. The van der Waals surface area contributed by atoms with E-state index < -0.39 is 8.18 Å². The molecule has 0 saturated carbocycles. The molecular formula is C5H13KNO2P+.